The maximum absolute atomic E-state index is 6.05. The Balaban J connectivity index is 1.98. The summed E-state index contributed by atoms with van der Waals surface area (Å²) in [6.07, 6.45) is 5.62. The summed E-state index contributed by atoms with van der Waals surface area (Å²) in [5.41, 5.74) is 3.62. The Hall–Kier alpha value is -2.59. The molecule has 1 heterocycles. The van der Waals surface area contributed by atoms with Crippen LogP contribution in [0.1, 0.15) is 24.6 Å². The quantitative estimate of drug-likeness (QED) is 0.578. The summed E-state index contributed by atoms with van der Waals surface area (Å²) < 4.78 is 6.05. The van der Waals surface area contributed by atoms with E-state index < -0.39 is 0 Å². The van der Waals surface area contributed by atoms with Crippen molar-refractivity contribution < 1.29 is 4.74 Å². The minimum Gasteiger partial charge on any atom is -0.457 e. The molecule has 3 nitrogen and oxygen atoms in total. The zero-order chi connectivity index (χ0) is 16.8. The lowest BCUT2D eigenvalue weighted by Gasteiger charge is -2.12. The molecule has 3 rings (SSSR count). The number of ether oxygens (including phenoxy) is 1. The summed E-state index contributed by atoms with van der Waals surface area (Å²) in [5.74, 6) is 1.49. The van der Waals surface area contributed by atoms with Gasteiger partial charge in [0.25, 0.3) is 0 Å². The molecule has 3 aromatic rings. The fraction of sp³-hybridized carbons (Fsp3) is 0.150. The molecule has 0 saturated carbocycles. The van der Waals surface area contributed by atoms with Gasteiger partial charge in [0.05, 0.1) is 17.6 Å². The van der Waals surface area contributed by atoms with Gasteiger partial charge in [-0.1, -0.05) is 49.8 Å². The van der Waals surface area contributed by atoms with Gasteiger partial charge in [0.15, 0.2) is 0 Å². The van der Waals surface area contributed by atoms with Crippen molar-refractivity contribution in [1.29, 1.82) is 0 Å². The average Bonchev–Trinajstić information content (AvgIpc) is 2.63. The Morgan fingerprint density at radius 3 is 2.54 bits per heavy atom. The molecule has 0 N–H and O–H groups in total. The molecule has 0 radical (unpaired) electrons. The van der Waals surface area contributed by atoms with Crippen LogP contribution in [0.2, 0.25) is 0 Å². The van der Waals surface area contributed by atoms with Gasteiger partial charge in [-0.3, -0.25) is 9.97 Å². The van der Waals surface area contributed by atoms with Crippen LogP contribution in [0.4, 0.5) is 0 Å². The van der Waals surface area contributed by atoms with E-state index in [2.05, 4.69) is 16.9 Å². The van der Waals surface area contributed by atoms with Crippen molar-refractivity contribution in [2.24, 2.45) is 0 Å². The highest BCUT2D eigenvalue weighted by atomic mass is 32.1. The second-order valence-corrected chi connectivity index (χ2v) is 5.67. The summed E-state index contributed by atoms with van der Waals surface area (Å²) in [4.78, 5) is 9.04. The van der Waals surface area contributed by atoms with Gasteiger partial charge in [-0.2, -0.15) is 0 Å². The predicted octanol–water partition coefficient (Wildman–Crippen LogP) is 5.24. The van der Waals surface area contributed by atoms with Gasteiger partial charge in [0.2, 0.25) is 0 Å². The van der Waals surface area contributed by atoms with Crippen molar-refractivity contribution in [2.75, 3.05) is 0 Å². The smallest absolute Gasteiger partial charge is 0.137 e. The third-order valence-corrected chi connectivity index (χ3v) is 3.87. The SMILES string of the molecule is CCCc1cnc(-c2ccc(C=S)cc2Oc2ccccc2)cn1. The largest absolute Gasteiger partial charge is 0.457 e. The Morgan fingerprint density at radius 2 is 1.88 bits per heavy atom. The number of para-hydroxylation sites is 1. The molecule has 0 aliphatic carbocycles. The van der Waals surface area contributed by atoms with Crippen molar-refractivity contribution in [3.05, 3.63) is 72.2 Å². The van der Waals surface area contributed by atoms with Gasteiger partial charge < -0.3 is 4.74 Å². The van der Waals surface area contributed by atoms with Crippen LogP contribution >= 0.6 is 12.2 Å². The molecule has 4 heteroatoms. The highest BCUT2D eigenvalue weighted by Crippen LogP contribution is 2.32. The first-order chi connectivity index (χ1) is 11.8. The molecule has 0 saturated heterocycles. The third-order valence-electron chi connectivity index (χ3n) is 3.60. The first kappa shape index (κ1) is 16.3. The number of thiocarbonyl (C=S) groups is 1. The standard InChI is InChI=1S/C20H18N2OS/c1-2-6-16-12-22-19(13-21-16)18-10-9-15(14-24)11-20(18)23-17-7-4-3-5-8-17/h3-5,7-14H,2,6H2,1H3. The van der Waals surface area contributed by atoms with Crippen LogP contribution in [-0.2, 0) is 6.42 Å². The van der Waals surface area contributed by atoms with Crippen molar-refractivity contribution in [3.63, 3.8) is 0 Å². The fourth-order valence-corrected chi connectivity index (χ4v) is 2.55. The Morgan fingerprint density at radius 1 is 1.04 bits per heavy atom. The molecule has 0 aliphatic heterocycles. The molecule has 0 spiro atoms. The molecular formula is C20H18N2OS. The molecule has 0 bridgehead atoms. The molecule has 2 aromatic carbocycles. The van der Waals surface area contributed by atoms with E-state index in [9.17, 15) is 0 Å². The number of aryl methyl sites for hydroxylation is 1. The van der Waals surface area contributed by atoms with Crippen LogP contribution in [0, 0.1) is 0 Å². The number of hydrogen-bond donors (Lipinski definition) is 0. The molecule has 24 heavy (non-hydrogen) atoms. The lowest BCUT2D eigenvalue weighted by Crippen LogP contribution is -1.95. The predicted molar refractivity (Wildman–Crippen MR) is 101 cm³/mol. The van der Waals surface area contributed by atoms with Gasteiger partial charge in [0.1, 0.15) is 11.5 Å². The summed E-state index contributed by atoms with van der Waals surface area (Å²) in [7, 11) is 0. The molecule has 0 unspecified atom stereocenters. The lowest BCUT2D eigenvalue weighted by molar-refractivity contribution is 0.484. The van der Waals surface area contributed by atoms with Crippen LogP contribution in [0.5, 0.6) is 11.5 Å². The van der Waals surface area contributed by atoms with Crippen LogP contribution < -0.4 is 4.74 Å². The van der Waals surface area contributed by atoms with Gasteiger partial charge in [-0.15, -0.1) is 0 Å². The van der Waals surface area contributed by atoms with E-state index in [4.69, 9.17) is 17.0 Å². The van der Waals surface area contributed by atoms with Crippen LogP contribution in [0.25, 0.3) is 11.3 Å². The molecule has 0 aliphatic rings. The van der Waals surface area contributed by atoms with E-state index in [0.29, 0.717) is 0 Å². The second kappa shape index (κ2) is 7.79. The average molecular weight is 334 g/mol. The highest BCUT2D eigenvalue weighted by Gasteiger charge is 2.10. The maximum Gasteiger partial charge on any atom is 0.137 e. The van der Waals surface area contributed by atoms with Crippen LogP contribution in [0.3, 0.4) is 0 Å². The van der Waals surface area contributed by atoms with E-state index in [-0.39, 0.29) is 0 Å². The number of aromatic nitrogens is 2. The molecule has 0 atom stereocenters. The second-order valence-electron chi connectivity index (χ2n) is 5.43. The number of rotatable bonds is 6. The van der Waals surface area contributed by atoms with Gasteiger partial charge >= 0.3 is 0 Å². The minimum atomic E-state index is 0.720. The van der Waals surface area contributed by atoms with Gasteiger partial charge in [0, 0.05) is 17.1 Å². The van der Waals surface area contributed by atoms with Crippen molar-refractivity contribution in [2.45, 2.75) is 19.8 Å². The van der Waals surface area contributed by atoms with Gasteiger partial charge in [-0.05, 0) is 36.2 Å². The zero-order valence-electron chi connectivity index (χ0n) is 13.5. The molecule has 120 valence electrons. The minimum absolute atomic E-state index is 0.720. The maximum atomic E-state index is 6.05. The number of benzene rings is 2. The fourth-order valence-electron chi connectivity index (χ4n) is 2.40. The van der Waals surface area contributed by atoms with E-state index >= 15 is 0 Å². The third kappa shape index (κ3) is 3.84. The van der Waals surface area contributed by atoms with Crippen molar-refractivity contribution >= 4 is 17.6 Å². The molecule has 1 aromatic heterocycles. The van der Waals surface area contributed by atoms with E-state index in [1.165, 1.54) is 0 Å². The van der Waals surface area contributed by atoms with Crippen LogP contribution in [0.15, 0.2) is 60.9 Å². The van der Waals surface area contributed by atoms with Crippen molar-refractivity contribution in [1.82, 2.24) is 9.97 Å². The Kier molecular flexibility index (Phi) is 5.29. The van der Waals surface area contributed by atoms with E-state index in [1.807, 2.05) is 54.7 Å². The normalized spacial score (nSPS) is 10.4. The summed E-state index contributed by atoms with van der Waals surface area (Å²) >= 11 is 5.04. The van der Waals surface area contributed by atoms with Crippen molar-refractivity contribution in [3.8, 4) is 22.8 Å². The number of hydrogen-bond acceptors (Lipinski definition) is 4. The zero-order valence-corrected chi connectivity index (χ0v) is 14.3. The van der Waals surface area contributed by atoms with E-state index in [0.717, 1.165) is 46.9 Å². The lowest BCUT2D eigenvalue weighted by atomic mass is 10.1. The molecular weight excluding hydrogens is 316 g/mol. The summed E-state index contributed by atoms with van der Waals surface area (Å²) in [6, 6.07) is 15.5. The first-order valence-corrected chi connectivity index (χ1v) is 8.40. The molecule has 0 amide bonds. The summed E-state index contributed by atoms with van der Waals surface area (Å²) in [5, 5.41) is 1.64. The van der Waals surface area contributed by atoms with E-state index in [1.54, 1.807) is 11.6 Å². The monoisotopic (exact) mass is 334 g/mol. The Labute approximate surface area is 147 Å². The molecule has 0 fully saturated rings. The topological polar surface area (TPSA) is 35.0 Å². The summed E-state index contributed by atoms with van der Waals surface area (Å²) in [6.45, 7) is 2.13. The first-order valence-electron chi connectivity index (χ1n) is 7.93. The number of nitrogens with zero attached hydrogens (tertiary/aromatic N) is 2. The van der Waals surface area contributed by atoms with Gasteiger partial charge in [-0.25, -0.2) is 0 Å². The Bertz CT molecular complexity index is 817. The van der Waals surface area contributed by atoms with Crippen LogP contribution in [-0.4, -0.2) is 15.3 Å². The highest BCUT2D eigenvalue weighted by molar-refractivity contribution is 7.79.